The van der Waals surface area contributed by atoms with Gasteiger partial charge in [0.05, 0.1) is 17.3 Å². The Kier molecular flexibility index (Phi) is 4.38. The van der Waals surface area contributed by atoms with Crippen molar-refractivity contribution in [3.05, 3.63) is 45.5 Å². The van der Waals surface area contributed by atoms with Crippen LogP contribution in [-0.4, -0.2) is 8.42 Å². The Morgan fingerprint density at radius 3 is 2.65 bits per heavy atom. The van der Waals surface area contributed by atoms with Gasteiger partial charge in [0.15, 0.2) is 4.67 Å². The molecular formula is C11H9BrClFN2O3S. The van der Waals surface area contributed by atoms with Gasteiger partial charge in [0.25, 0.3) is 10.0 Å². The molecule has 20 heavy (non-hydrogen) atoms. The van der Waals surface area contributed by atoms with Crippen LogP contribution in [0, 0.1) is 5.82 Å². The standard InChI is InChI=1S/C11H9BrClFN2O3S/c12-11-10(4-7(5-15)19-11)20(17,18)16-6-1-2-9(14)8(13)3-6/h1-4,16H,5,15H2. The lowest BCUT2D eigenvalue weighted by Gasteiger charge is -2.07. The molecule has 1 aromatic carbocycles. The molecule has 0 spiro atoms. The fourth-order valence-electron chi connectivity index (χ4n) is 1.45. The molecule has 0 aliphatic rings. The number of nitrogens with one attached hydrogen (secondary N) is 1. The highest BCUT2D eigenvalue weighted by atomic mass is 79.9. The Hall–Kier alpha value is -1.09. The Bertz CT molecular complexity index is 748. The van der Waals surface area contributed by atoms with Gasteiger partial charge in [0.2, 0.25) is 0 Å². The smallest absolute Gasteiger partial charge is 0.266 e. The highest BCUT2D eigenvalue weighted by molar-refractivity contribution is 9.10. The number of hydrogen-bond acceptors (Lipinski definition) is 4. The van der Waals surface area contributed by atoms with Crippen LogP contribution in [0.25, 0.3) is 0 Å². The van der Waals surface area contributed by atoms with Crippen molar-refractivity contribution in [2.75, 3.05) is 4.72 Å². The zero-order valence-electron chi connectivity index (χ0n) is 9.86. The molecule has 0 saturated carbocycles. The average Bonchev–Trinajstić information content (AvgIpc) is 2.76. The van der Waals surface area contributed by atoms with Crippen LogP contribution in [0.4, 0.5) is 10.1 Å². The SMILES string of the molecule is NCc1cc(S(=O)(=O)Nc2ccc(F)c(Cl)c2)c(Br)o1. The highest BCUT2D eigenvalue weighted by Crippen LogP contribution is 2.28. The van der Waals surface area contributed by atoms with Gasteiger partial charge in [-0.15, -0.1) is 0 Å². The van der Waals surface area contributed by atoms with Crippen molar-refractivity contribution in [1.82, 2.24) is 0 Å². The van der Waals surface area contributed by atoms with Gasteiger partial charge in [-0.3, -0.25) is 4.72 Å². The summed E-state index contributed by atoms with van der Waals surface area (Å²) in [6, 6.07) is 4.80. The van der Waals surface area contributed by atoms with Crippen LogP contribution < -0.4 is 10.5 Å². The number of sulfonamides is 1. The molecule has 9 heteroatoms. The van der Waals surface area contributed by atoms with E-state index >= 15 is 0 Å². The third-order valence-electron chi connectivity index (χ3n) is 2.37. The fraction of sp³-hybridized carbons (Fsp3) is 0.0909. The Morgan fingerprint density at radius 1 is 1.40 bits per heavy atom. The molecule has 108 valence electrons. The van der Waals surface area contributed by atoms with E-state index in [1.807, 2.05) is 0 Å². The van der Waals surface area contributed by atoms with Crippen LogP contribution in [0.5, 0.6) is 0 Å². The lowest BCUT2D eigenvalue weighted by Crippen LogP contribution is -2.12. The molecule has 0 aliphatic heterocycles. The second-order valence-electron chi connectivity index (χ2n) is 3.79. The van der Waals surface area contributed by atoms with Gasteiger partial charge < -0.3 is 10.2 Å². The molecule has 2 aromatic rings. The molecule has 0 unspecified atom stereocenters. The second-order valence-corrected chi connectivity index (χ2v) is 6.57. The molecule has 1 aromatic heterocycles. The minimum Gasteiger partial charge on any atom is -0.452 e. The van der Waals surface area contributed by atoms with Crippen molar-refractivity contribution in [3.63, 3.8) is 0 Å². The topological polar surface area (TPSA) is 85.3 Å². The number of anilines is 1. The summed E-state index contributed by atoms with van der Waals surface area (Å²) in [4.78, 5) is -0.0987. The van der Waals surface area contributed by atoms with Gasteiger partial charge in [-0.25, -0.2) is 12.8 Å². The van der Waals surface area contributed by atoms with E-state index in [1.54, 1.807) is 0 Å². The van der Waals surface area contributed by atoms with Crippen LogP contribution in [0.15, 0.2) is 38.2 Å². The molecule has 0 atom stereocenters. The van der Waals surface area contributed by atoms with E-state index in [0.717, 1.165) is 6.07 Å². The number of rotatable bonds is 4. The zero-order chi connectivity index (χ0) is 14.9. The number of benzene rings is 1. The summed E-state index contributed by atoms with van der Waals surface area (Å²) in [6.07, 6.45) is 0. The maximum Gasteiger partial charge on any atom is 0.266 e. The third-order valence-corrected chi connectivity index (χ3v) is 4.90. The Balaban J connectivity index is 2.35. The monoisotopic (exact) mass is 382 g/mol. The fourth-order valence-corrected chi connectivity index (χ4v) is 3.68. The summed E-state index contributed by atoms with van der Waals surface area (Å²) in [6.45, 7) is 0.0660. The lowest BCUT2D eigenvalue weighted by atomic mass is 10.3. The summed E-state index contributed by atoms with van der Waals surface area (Å²) >= 11 is 8.60. The number of nitrogens with two attached hydrogens (primary N) is 1. The Morgan fingerprint density at radius 2 is 2.10 bits per heavy atom. The summed E-state index contributed by atoms with van der Waals surface area (Å²) < 4.78 is 44.8. The van der Waals surface area contributed by atoms with Crippen molar-refractivity contribution in [2.24, 2.45) is 5.73 Å². The van der Waals surface area contributed by atoms with Crippen molar-refractivity contribution in [3.8, 4) is 0 Å². The lowest BCUT2D eigenvalue weighted by molar-refractivity contribution is 0.484. The number of hydrogen-bond donors (Lipinski definition) is 2. The van der Waals surface area contributed by atoms with Crippen LogP contribution in [0.2, 0.25) is 5.02 Å². The Labute approximate surface area is 128 Å². The summed E-state index contributed by atoms with van der Waals surface area (Å²) in [5.74, 6) is -0.320. The molecule has 3 N–H and O–H groups in total. The minimum absolute atomic E-state index is 0.0404. The van der Waals surface area contributed by atoms with Gasteiger partial charge in [0, 0.05) is 6.07 Å². The zero-order valence-corrected chi connectivity index (χ0v) is 13.0. The predicted molar refractivity (Wildman–Crippen MR) is 76.5 cm³/mol. The van der Waals surface area contributed by atoms with Gasteiger partial charge in [0.1, 0.15) is 16.5 Å². The predicted octanol–water partition coefficient (Wildman–Crippen LogP) is 3.09. The minimum atomic E-state index is -3.89. The van der Waals surface area contributed by atoms with Gasteiger partial charge in [-0.1, -0.05) is 11.6 Å². The first-order valence-electron chi connectivity index (χ1n) is 5.29. The molecular weight excluding hydrogens is 375 g/mol. The molecule has 0 saturated heterocycles. The molecule has 0 aliphatic carbocycles. The van der Waals surface area contributed by atoms with E-state index < -0.39 is 15.8 Å². The van der Waals surface area contributed by atoms with Crippen molar-refractivity contribution in [1.29, 1.82) is 0 Å². The summed E-state index contributed by atoms with van der Waals surface area (Å²) in [5, 5.41) is -0.181. The highest BCUT2D eigenvalue weighted by Gasteiger charge is 2.22. The van der Waals surface area contributed by atoms with Crippen LogP contribution in [0.1, 0.15) is 5.76 Å². The van der Waals surface area contributed by atoms with E-state index in [0.29, 0.717) is 5.76 Å². The number of halogens is 3. The normalized spacial score (nSPS) is 11.6. The maximum atomic E-state index is 13.0. The average molecular weight is 384 g/mol. The van der Waals surface area contributed by atoms with E-state index in [2.05, 4.69) is 20.7 Å². The van der Waals surface area contributed by atoms with Crippen molar-refractivity contribution in [2.45, 2.75) is 11.4 Å². The van der Waals surface area contributed by atoms with E-state index in [-0.39, 0.29) is 26.8 Å². The molecule has 0 bridgehead atoms. The molecule has 2 rings (SSSR count). The first-order chi connectivity index (χ1) is 9.33. The van der Waals surface area contributed by atoms with Crippen molar-refractivity contribution >= 4 is 43.2 Å². The van der Waals surface area contributed by atoms with E-state index in [1.165, 1.54) is 18.2 Å². The number of furan rings is 1. The van der Waals surface area contributed by atoms with Gasteiger partial charge in [-0.2, -0.15) is 0 Å². The quantitative estimate of drug-likeness (QED) is 0.849. The molecule has 0 radical (unpaired) electrons. The first kappa shape index (κ1) is 15.3. The van der Waals surface area contributed by atoms with Crippen LogP contribution in [-0.2, 0) is 16.6 Å². The summed E-state index contributed by atoms with van der Waals surface area (Å²) in [7, 11) is -3.89. The summed E-state index contributed by atoms with van der Waals surface area (Å²) in [5.41, 5.74) is 5.51. The molecule has 1 heterocycles. The third kappa shape index (κ3) is 3.14. The molecule has 0 fully saturated rings. The van der Waals surface area contributed by atoms with Crippen LogP contribution in [0.3, 0.4) is 0 Å². The van der Waals surface area contributed by atoms with E-state index in [4.69, 9.17) is 21.8 Å². The first-order valence-corrected chi connectivity index (χ1v) is 7.95. The van der Waals surface area contributed by atoms with Crippen molar-refractivity contribution < 1.29 is 17.2 Å². The van der Waals surface area contributed by atoms with E-state index in [9.17, 15) is 12.8 Å². The van der Waals surface area contributed by atoms with Crippen LogP contribution >= 0.6 is 27.5 Å². The second kappa shape index (κ2) is 5.72. The molecule has 0 amide bonds. The largest absolute Gasteiger partial charge is 0.452 e. The van der Waals surface area contributed by atoms with Gasteiger partial charge in [-0.05, 0) is 34.1 Å². The van der Waals surface area contributed by atoms with Gasteiger partial charge >= 0.3 is 0 Å². The maximum absolute atomic E-state index is 13.0. The molecule has 5 nitrogen and oxygen atoms in total.